The summed E-state index contributed by atoms with van der Waals surface area (Å²) in [6.07, 6.45) is -2.59. The monoisotopic (exact) mass is 439 g/mol. The molecule has 0 spiro atoms. The van der Waals surface area contributed by atoms with Crippen molar-refractivity contribution in [3.05, 3.63) is 64.7 Å². The van der Waals surface area contributed by atoms with Crippen molar-refractivity contribution in [3.63, 3.8) is 0 Å². The maximum absolute atomic E-state index is 13.2. The molecular formula is C23H25ClF3NO2. The summed E-state index contributed by atoms with van der Waals surface area (Å²) in [6.45, 7) is 5.42. The van der Waals surface area contributed by atoms with E-state index in [0.717, 1.165) is 30.5 Å². The summed E-state index contributed by atoms with van der Waals surface area (Å²) < 4.78 is 43.7. The molecule has 0 aromatic heterocycles. The summed E-state index contributed by atoms with van der Waals surface area (Å²) >= 11 is 5.96. The molecule has 1 unspecified atom stereocenters. The number of carbonyl (C=O) groups is 1. The number of hydrogen-bond acceptors (Lipinski definition) is 2. The molecule has 162 valence electrons. The molecule has 0 bridgehead atoms. The lowest BCUT2D eigenvalue weighted by atomic mass is 9.82. The van der Waals surface area contributed by atoms with E-state index in [1.54, 1.807) is 12.1 Å². The van der Waals surface area contributed by atoms with Crippen molar-refractivity contribution in [1.82, 2.24) is 4.90 Å². The van der Waals surface area contributed by atoms with Crippen molar-refractivity contribution in [2.75, 3.05) is 19.7 Å². The van der Waals surface area contributed by atoms with Crippen molar-refractivity contribution < 1.29 is 22.7 Å². The summed E-state index contributed by atoms with van der Waals surface area (Å²) in [5.74, 6) is 0.572. The van der Waals surface area contributed by atoms with Crippen LogP contribution in [0.15, 0.2) is 48.5 Å². The lowest BCUT2D eigenvalue weighted by Crippen LogP contribution is -2.48. The number of ether oxygens (including phenoxy) is 1. The van der Waals surface area contributed by atoms with Crippen LogP contribution in [0.1, 0.15) is 37.8 Å². The zero-order valence-electron chi connectivity index (χ0n) is 17.0. The first kappa shape index (κ1) is 22.5. The van der Waals surface area contributed by atoms with Crippen LogP contribution in [0.25, 0.3) is 0 Å². The first-order chi connectivity index (χ1) is 14.1. The van der Waals surface area contributed by atoms with Crippen molar-refractivity contribution in [2.24, 2.45) is 5.92 Å². The molecule has 2 aromatic carbocycles. The summed E-state index contributed by atoms with van der Waals surface area (Å²) in [5.41, 5.74) is -0.477. The van der Waals surface area contributed by atoms with Crippen LogP contribution in [0.3, 0.4) is 0 Å². The van der Waals surface area contributed by atoms with Gasteiger partial charge in [-0.25, -0.2) is 0 Å². The number of piperidine rings is 1. The van der Waals surface area contributed by atoms with Crippen LogP contribution in [-0.4, -0.2) is 30.5 Å². The van der Waals surface area contributed by atoms with Crippen LogP contribution >= 0.6 is 11.6 Å². The Hall–Kier alpha value is -2.21. The lowest BCUT2D eigenvalue weighted by Gasteiger charge is -2.37. The maximum Gasteiger partial charge on any atom is 0.416 e. The number of amides is 1. The van der Waals surface area contributed by atoms with Gasteiger partial charge in [0.2, 0.25) is 5.91 Å². The first-order valence-corrected chi connectivity index (χ1v) is 10.3. The zero-order chi connectivity index (χ0) is 21.9. The number of hydrogen-bond donors (Lipinski definition) is 0. The highest BCUT2D eigenvalue weighted by Crippen LogP contribution is 2.31. The molecule has 1 heterocycles. The van der Waals surface area contributed by atoms with E-state index >= 15 is 0 Å². The SMILES string of the molecule is CC(C)(C(=O)N1CCCC(COc2ccc(C(F)(F)F)cc2)C1)c1ccc(Cl)cc1. The lowest BCUT2D eigenvalue weighted by molar-refractivity contribution is -0.138. The topological polar surface area (TPSA) is 29.5 Å². The van der Waals surface area contributed by atoms with E-state index in [4.69, 9.17) is 16.3 Å². The molecule has 0 aliphatic carbocycles. The highest BCUT2D eigenvalue weighted by molar-refractivity contribution is 6.30. The average molecular weight is 440 g/mol. The van der Waals surface area contributed by atoms with Gasteiger partial charge in [-0.3, -0.25) is 4.79 Å². The van der Waals surface area contributed by atoms with Crippen LogP contribution in [0.4, 0.5) is 13.2 Å². The minimum absolute atomic E-state index is 0.0454. The van der Waals surface area contributed by atoms with E-state index in [1.165, 1.54) is 12.1 Å². The number of halogens is 4. The smallest absolute Gasteiger partial charge is 0.416 e. The number of alkyl halides is 3. The predicted octanol–water partition coefficient (Wildman–Crippen LogP) is 5.95. The predicted molar refractivity (Wildman–Crippen MR) is 111 cm³/mol. The van der Waals surface area contributed by atoms with Gasteiger partial charge in [-0.05, 0) is 68.7 Å². The molecule has 3 nitrogen and oxygen atoms in total. The molecular weight excluding hydrogens is 415 g/mol. The van der Waals surface area contributed by atoms with Gasteiger partial charge in [0.25, 0.3) is 0 Å². The van der Waals surface area contributed by atoms with Crippen molar-refractivity contribution >= 4 is 17.5 Å². The molecule has 3 rings (SSSR count). The Morgan fingerprint density at radius 3 is 2.27 bits per heavy atom. The molecule has 1 atom stereocenters. The van der Waals surface area contributed by atoms with Crippen LogP contribution in [0.2, 0.25) is 5.02 Å². The van der Waals surface area contributed by atoms with E-state index in [-0.39, 0.29) is 11.8 Å². The number of carbonyl (C=O) groups excluding carboxylic acids is 1. The van der Waals surface area contributed by atoms with E-state index in [1.807, 2.05) is 30.9 Å². The Balaban J connectivity index is 1.59. The molecule has 2 aromatic rings. The molecule has 0 radical (unpaired) electrons. The summed E-state index contributed by atoms with van der Waals surface area (Å²) in [4.78, 5) is 15.1. The zero-order valence-corrected chi connectivity index (χ0v) is 17.8. The minimum atomic E-state index is -4.36. The first-order valence-electron chi connectivity index (χ1n) is 9.93. The third-order valence-electron chi connectivity index (χ3n) is 5.57. The highest BCUT2D eigenvalue weighted by atomic mass is 35.5. The molecule has 7 heteroatoms. The van der Waals surface area contributed by atoms with Gasteiger partial charge < -0.3 is 9.64 Å². The van der Waals surface area contributed by atoms with Crippen molar-refractivity contribution in [1.29, 1.82) is 0 Å². The second kappa shape index (κ2) is 8.88. The van der Waals surface area contributed by atoms with Gasteiger partial charge in [0, 0.05) is 24.0 Å². The van der Waals surface area contributed by atoms with Crippen LogP contribution in [-0.2, 0) is 16.4 Å². The quantitative estimate of drug-likeness (QED) is 0.575. The fraction of sp³-hybridized carbons (Fsp3) is 0.435. The number of rotatable bonds is 5. The van der Waals surface area contributed by atoms with Gasteiger partial charge in [0.1, 0.15) is 5.75 Å². The van der Waals surface area contributed by atoms with Gasteiger partial charge in [0.05, 0.1) is 17.6 Å². The van der Waals surface area contributed by atoms with Gasteiger partial charge >= 0.3 is 6.18 Å². The molecule has 1 fully saturated rings. The van der Waals surface area contributed by atoms with Crippen LogP contribution in [0.5, 0.6) is 5.75 Å². The van der Waals surface area contributed by atoms with Crippen molar-refractivity contribution in [2.45, 2.75) is 38.3 Å². The van der Waals surface area contributed by atoms with E-state index < -0.39 is 17.2 Å². The standard InChI is InChI=1S/C23H25ClF3NO2/c1-22(2,17-5-9-19(24)10-6-17)21(29)28-13-3-4-16(14-28)15-30-20-11-7-18(8-12-20)23(25,26)27/h5-12,16H,3-4,13-15H2,1-2H3. The second-order valence-corrected chi connectivity index (χ2v) is 8.66. The van der Waals surface area contributed by atoms with Gasteiger partial charge in [-0.1, -0.05) is 23.7 Å². The van der Waals surface area contributed by atoms with E-state index in [2.05, 4.69) is 0 Å². The molecule has 0 saturated carbocycles. The molecule has 0 N–H and O–H groups in total. The Morgan fingerprint density at radius 2 is 1.67 bits per heavy atom. The fourth-order valence-corrected chi connectivity index (χ4v) is 3.85. The molecule has 30 heavy (non-hydrogen) atoms. The number of benzene rings is 2. The second-order valence-electron chi connectivity index (χ2n) is 8.22. The normalized spacial score (nSPS) is 17.7. The van der Waals surface area contributed by atoms with Crippen LogP contribution < -0.4 is 4.74 Å². The van der Waals surface area contributed by atoms with Gasteiger partial charge in [-0.15, -0.1) is 0 Å². The minimum Gasteiger partial charge on any atom is -0.493 e. The Kier molecular flexibility index (Phi) is 6.65. The van der Waals surface area contributed by atoms with Crippen molar-refractivity contribution in [3.8, 4) is 5.75 Å². The van der Waals surface area contributed by atoms with E-state index in [0.29, 0.717) is 30.5 Å². The number of likely N-dealkylation sites (tertiary alicyclic amines) is 1. The van der Waals surface area contributed by atoms with E-state index in [9.17, 15) is 18.0 Å². The Bertz CT molecular complexity index is 864. The average Bonchev–Trinajstić information content (AvgIpc) is 2.72. The van der Waals surface area contributed by atoms with Gasteiger partial charge in [-0.2, -0.15) is 13.2 Å². The summed E-state index contributed by atoms with van der Waals surface area (Å²) in [6, 6.07) is 12.0. The molecule has 1 aliphatic heterocycles. The largest absolute Gasteiger partial charge is 0.493 e. The third-order valence-corrected chi connectivity index (χ3v) is 5.83. The Morgan fingerprint density at radius 1 is 1.07 bits per heavy atom. The maximum atomic E-state index is 13.2. The fourth-order valence-electron chi connectivity index (χ4n) is 3.73. The number of nitrogens with zero attached hydrogens (tertiary/aromatic N) is 1. The molecule has 1 saturated heterocycles. The van der Waals surface area contributed by atoms with Crippen LogP contribution in [0, 0.1) is 5.92 Å². The Labute approximate surface area is 179 Å². The summed E-state index contributed by atoms with van der Waals surface area (Å²) in [5, 5.41) is 0.625. The van der Waals surface area contributed by atoms with Gasteiger partial charge in [0.15, 0.2) is 0 Å². The third kappa shape index (κ3) is 5.28. The molecule has 1 amide bonds. The summed E-state index contributed by atoms with van der Waals surface area (Å²) in [7, 11) is 0. The highest BCUT2D eigenvalue weighted by Gasteiger charge is 2.36. The molecule has 1 aliphatic rings.